The number of amides is 1. The van der Waals surface area contributed by atoms with E-state index in [-0.39, 0.29) is 19.3 Å². The molecule has 1 aliphatic rings. The second-order valence-electron chi connectivity index (χ2n) is 6.52. The summed E-state index contributed by atoms with van der Waals surface area (Å²) < 4.78 is 20.7. The Hall–Kier alpha value is -2.80. The average molecular weight is 403 g/mol. The highest BCUT2D eigenvalue weighted by molar-refractivity contribution is 5.67. The number of hydrogen-bond acceptors (Lipinski definition) is 6. The third kappa shape index (κ3) is 9.80. The summed E-state index contributed by atoms with van der Waals surface area (Å²) in [5.41, 5.74) is 0.929. The lowest BCUT2D eigenvalue weighted by atomic mass is 10.0. The highest BCUT2D eigenvalue weighted by Gasteiger charge is 2.14. The minimum absolute atomic E-state index is 0.0340. The molecule has 1 N–H and O–H groups in total. The van der Waals surface area contributed by atoms with Crippen LogP contribution in [-0.4, -0.2) is 44.7 Å². The van der Waals surface area contributed by atoms with Gasteiger partial charge in [0.05, 0.1) is 13.2 Å². The summed E-state index contributed by atoms with van der Waals surface area (Å²) in [4.78, 5) is 23.4. The van der Waals surface area contributed by atoms with Gasteiger partial charge in [-0.05, 0) is 49.8 Å². The van der Waals surface area contributed by atoms with Crippen LogP contribution in [0.4, 0.5) is 9.59 Å². The van der Waals surface area contributed by atoms with Gasteiger partial charge in [0.2, 0.25) is 0 Å². The van der Waals surface area contributed by atoms with Gasteiger partial charge in [0.15, 0.2) is 0 Å². The predicted octanol–water partition coefficient (Wildman–Crippen LogP) is 4.48. The van der Waals surface area contributed by atoms with Gasteiger partial charge in [-0.2, -0.15) is 0 Å². The van der Waals surface area contributed by atoms with Crippen LogP contribution in [0.25, 0.3) is 6.08 Å². The molecular formula is C22H29NO6. The van der Waals surface area contributed by atoms with Crippen LogP contribution in [0.3, 0.4) is 0 Å². The first kappa shape index (κ1) is 22.5. The fraction of sp³-hybridized carbons (Fsp3) is 0.455. The van der Waals surface area contributed by atoms with Crippen LogP contribution >= 0.6 is 0 Å². The van der Waals surface area contributed by atoms with Gasteiger partial charge in [-0.25, -0.2) is 9.59 Å². The third-order valence-corrected chi connectivity index (χ3v) is 4.27. The molecule has 1 aromatic carbocycles. The molecule has 0 bridgehead atoms. The van der Waals surface area contributed by atoms with E-state index in [2.05, 4.69) is 24.0 Å². The molecule has 1 aromatic rings. The molecule has 0 spiro atoms. The van der Waals surface area contributed by atoms with Crippen molar-refractivity contribution in [1.82, 2.24) is 5.32 Å². The molecule has 1 atom stereocenters. The molecule has 1 unspecified atom stereocenters. The number of benzene rings is 1. The third-order valence-electron chi connectivity index (χ3n) is 4.27. The number of rotatable bonds is 9. The molecule has 0 aliphatic heterocycles. The van der Waals surface area contributed by atoms with Gasteiger partial charge in [-0.1, -0.05) is 36.9 Å². The van der Waals surface area contributed by atoms with Crippen LogP contribution < -0.4 is 10.1 Å². The Balaban J connectivity index is 1.47. The first-order chi connectivity index (χ1) is 14.2. The molecule has 2 rings (SSSR count). The summed E-state index contributed by atoms with van der Waals surface area (Å²) in [6, 6.07) is 6.88. The van der Waals surface area contributed by atoms with Crippen LogP contribution in [0, 0.1) is 0 Å². The van der Waals surface area contributed by atoms with Crippen molar-refractivity contribution in [2.75, 3.05) is 26.4 Å². The molecule has 1 amide bonds. The predicted molar refractivity (Wildman–Crippen MR) is 110 cm³/mol. The topological polar surface area (TPSA) is 83.1 Å². The lowest BCUT2D eigenvalue weighted by Crippen LogP contribution is -2.32. The first-order valence-electron chi connectivity index (χ1n) is 9.91. The van der Waals surface area contributed by atoms with Gasteiger partial charge >= 0.3 is 12.2 Å². The lowest BCUT2D eigenvalue weighted by molar-refractivity contribution is 0.0509. The Bertz CT molecular complexity index is 670. The van der Waals surface area contributed by atoms with Gasteiger partial charge in [0.25, 0.3) is 0 Å². The van der Waals surface area contributed by atoms with E-state index in [9.17, 15) is 9.59 Å². The summed E-state index contributed by atoms with van der Waals surface area (Å²) >= 11 is 0. The minimum Gasteiger partial charge on any atom is -0.446 e. The largest absolute Gasteiger partial charge is 0.513 e. The summed E-state index contributed by atoms with van der Waals surface area (Å²) in [6.07, 6.45) is 9.50. The second kappa shape index (κ2) is 13.4. The quantitative estimate of drug-likeness (QED) is 0.283. The van der Waals surface area contributed by atoms with Crippen molar-refractivity contribution in [3.63, 3.8) is 0 Å². The zero-order valence-corrected chi connectivity index (χ0v) is 16.6. The molecule has 0 saturated heterocycles. The van der Waals surface area contributed by atoms with Crippen LogP contribution in [0.5, 0.6) is 5.75 Å². The standard InChI is InChI=1S/C22H29NO6/c1-2-18-10-12-20(13-11-18)29-22(25)27-17-16-26-15-14-23-21(24)28-19-8-6-4-3-5-7-9-19/h2-4,10-13,19H,1,5-9,14-17H2,(H,23,24)/b4-3-. The molecule has 7 nitrogen and oxygen atoms in total. The van der Waals surface area contributed by atoms with Crippen LogP contribution in [0.15, 0.2) is 43.0 Å². The van der Waals surface area contributed by atoms with Crippen molar-refractivity contribution in [3.05, 3.63) is 48.6 Å². The Morgan fingerprint density at radius 3 is 2.66 bits per heavy atom. The molecule has 0 heterocycles. The van der Waals surface area contributed by atoms with Crippen LogP contribution in [0.1, 0.15) is 37.7 Å². The molecule has 29 heavy (non-hydrogen) atoms. The van der Waals surface area contributed by atoms with E-state index in [1.165, 1.54) is 0 Å². The molecule has 1 aliphatic carbocycles. The maximum Gasteiger partial charge on any atom is 0.513 e. The Morgan fingerprint density at radius 2 is 1.86 bits per heavy atom. The molecule has 7 heteroatoms. The Kier molecular flexibility index (Phi) is 10.4. The van der Waals surface area contributed by atoms with E-state index in [1.54, 1.807) is 30.3 Å². The summed E-state index contributed by atoms with van der Waals surface area (Å²) in [7, 11) is 0. The highest BCUT2D eigenvalue weighted by Crippen LogP contribution is 2.15. The van der Waals surface area contributed by atoms with Crippen molar-refractivity contribution in [3.8, 4) is 5.75 Å². The summed E-state index contributed by atoms with van der Waals surface area (Å²) in [6.45, 7) is 4.54. The van der Waals surface area contributed by atoms with Crippen molar-refractivity contribution < 1.29 is 28.5 Å². The SMILES string of the molecule is C=Cc1ccc(OC(=O)OCCOCCNC(=O)OC2CC/C=C\CCC2)cc1. The van der Waals surface area contributed by atoms with Crippen molar-refractivity contribution in [2.24, 2.45) is 0 Å². The molecule has 0 fully saturated rings. The smallest absolute Gasteiger partial charge is 0.446 e. The number of carbonyl (C=O) groups is 2. The minimum atomic E-state index is -0.796. The van der Waals surface area contributed by atoms with Gasteiger partial charge in [-0.15, -0.1) is 0 Å². The number of alkyl carbamates (subject to hydrolysis) is 1. The van der Waals surface area contributed by atoms with Gasteiger partial charge in [-0.3, -0.25) is 0 Å². The number of carbonyl (C=O) groups excluding carboxylic acids is 2. The van der Waals surface area contributed by atoms with Gasteiger partial charge in [0.1, 0.15) is 18.5 Å². The number of ether oxygens (including phenoxy) is 4. The van der Waals surface area contributed by atoms with E-state index < -0.39 is 12.2 Å². The van der Waals surface area contributed by atoms with Crippen molar-refractivity contribution in [2.45, 2.75) is 38.2 Å². The second-order valence-corrected chi connectivity index (χ2v) is 6.52. The van der Waals surface area contributed by atoms with Crippen molar-refractivity contribution >= 4 is 18.3 Å². The molecular weight excluding hydrogens is 374 g/mol. The number of hydrogen-bond donors (Lipinski definition) is 1. The molecule has 158 valence electrons. The molecule has 0 saturated carbocycles. The number of allylic oxidation sites excluding steroid dienone is 2. The van der Waals surface area contributed by atoms with E-state index in [0.717, 1.165) is 37.7 Å². The maximum atomic E-state index is 11.8. The summed E-state index contributed by atoms with van der Waals surface area (Å²) in [5, 5.41) is 2.66. The zero-order valence-electron chi connectivity index (χ0n) is 16.6. The monoisotopic (exact) mass is 403 g/mol. The van der Waals surface area contributed by atoms with E-state index >= 15 is 0 Å². The average Bonchev–Trinajstić information content (AvgIpc) is 2.70. The van der Waals surface area contributed by atoms with Crippen molar-refractivity contribution in [1.29, 1.82) is 0 Å². The van der Waals surface area contributed by atoms with Crippen LogP contribution in [0.2, 0.25) is 0 Å². The fourth-order valence-electron chi connectivity index (χ4n) is 2.75. The maximum absolute atomic E-state index is 11.8. The van der Waals surface area contributed by atoms with E-state index in [0.29, 0.717) is 18.9 Å². The van der Waals surface area contributed by atoms with Gasteiger partial charge in [0, 0.05) is 6.54 Å². The molecule has 0 radical (unpaired) electrons. The lowest BCUT2D eigenvalue weighted by Gasteiger charge is -2.18. The fourth-order valence-corrected chi connectivity index (χ4v) is 2.75. The first-order valence-corrected chi connectivity index (χ1v) is 9.91. The normalized spacial score (nSPS) is 17.3. The Labute approximate surface area is 171 Å². The summed E-state index contributed by atoms with van der Waals surface area (Å²) in [5.74, 6) is 0.393. The zero-order chi connectivity index (χ0) is 20.7. The molecule has 0 aromatic heterocycles. The van der Waals surface area contributed by atoms with E-state index in [1.807, 2.05) is 0 Å². The van der Waals surface area contributed by atoms with E-state index in [4.69, 9.17) is 18.9 Å². The Morgan fingerprint density at radius 1 is 1.07 bits per heavy atom. The number of nitrogens with one attached hydrogen (secondary N) is 1. The van der Waals surface area contributed by atoms with Gasteiger partial charge < -0.3 is 24.3 Å². The highest BCUT2D eigenvalue weighted by atomic mass is 16.7. The van der Waals surface area contributed by atoms with Crippen LogP contribution in [-0.2, 0) is 14.2 Å².